The van der Waals surface area contributed by atoms with Crippen molar-refractivity contribution in [1.82, 2.24) is 9.88 Å². The van der Waals surface area contributed by atoms with Gasteiger partial charge in [0.1, 0.15) is 6.61 Å². The SMILES string of the molecule is CCOc1cc(C(=O)N2CC[C@@H](N)C2)ccc1OCc1cccnc1. The molecule has 0 spiro atoms. The number of nitrogens with two attached hydrogens (primary N) is 1. The van der Waals surface area contributed by atoms with Gasteiger partial charge in [-0.1, -0.05) is 6.07 Å². The average Bonchev–Trinajstić information content (AvgIpc) is 3.07. The Kier molecular flexibility index (Phi) is 5.50. The van der Waals surface area contributed by atoms with Crippen LogP contribution in [0.3, 0.4) is 0 Å². The van der Waals surface area contributed by atoms with Gasteiger partial charge in [0.25, 0.3) is 5.91 Å². The quantitative estimate of drug-likeness (QED) is 0.872. The molecule has 1 atom stereocenters. The Bertz CT molecular complexity index is 721. The highest BCUT2D eigenvalue weighted by Gasteiger charge is 2.25. The summed E-state index contributed by atoms with van der Waals surface area (Å²) in [6.45, 7) is 4.09. The molecular formula is C19H23N3O3. The summed E-state index contributed by atoms with van der Waals surface area (Å²) in [5, 5.41) is 0. The van der Waals surface area contributed by atoms with E-state index in [2.05, 4.69) is 4.98 Å². The summed E-state index contributed by atoms with van der Waals surface area (Å²) in [4.78, 5) is 18.5. The van der Waals surface area contributed by atoms with Gasteiger partial charge in [-0.25, -0.2) is 0 Å². The Morgan fingerprint density at radius 1 is 1.32 bits per heavy atom. The number of ether oxygens (including phenoxy) is 2. The molecule has 6 nitrogen and oxygen atoms in total. The third kappa shape index (κ3) is 4.28. The molecule has 1 aromatic heterocycles. The summed E-state index contributed by atoms with van der Waals surface area (Å²) in [6.07, 6.45) is 4.32. The van der Waals surface area contributed by atoms with Gasteiger partial charge in [0.05, 0.1) is 6.61 Å². The summed E-state index contributed by atoms with van der Waals surface area (Å²) in [6, 6.07) is 9.18. The van der Waals surface area contributed by atoms with Crippen molar-refractivity contribution in [1.29, 1.82) is 0 Å². The third-order valence-corrected chi connectivity index (χ3v) is 4.12. The molecule has 1 amide bonds. The van der Waals surface area contributed by atoms with E-state index in [0.717, 1.165) is 12.0 Å². The fourth-order valence-corrected chi connectivity index (χ4v) is 2.83. The van der Waals surface area contributed by atoms with Gasteiger partial charge in [-0.15, -0.1) is 0 Å². The van der Waals surface area contributed by atoms with Crippen LogP contribution in [-0.2, 0) is 6.61 Å². The molecule has 132 valence electrons. The zero-order valence-corrected chi connectivity index (χ0v) is 14.4. The molecular weight excluding hydrogens is 318 g/mol. The number of nitrogens with zero attached hydrogens (tertiary/aromatic N) is 2. The van der Waals surface area contributed by atoms with Crippen LogP contribution in [-0.4, -0.2) is 41.5 Å². The van der Waals surface area contributed by atoms with Crippen molar-refractivity contribution in [3.63, 3.8) is 0 Å². The van der Waals surface area contributed by atoms with Crippen LogP contribution in [0, 0.1) is 0 Å². The minimum atomic E-state index is -0.0206. The van der Waals surface area contributed by atoms with Gasteiger partial charge in [0.15, 0.2) is 11.5 Å². The number of pyridine rings is 1. The molecule has 2 N–H and O–H groups in total. The second kappa shape index (κ2) is 7.98. The highest BCUT2D eigenvalue weighted by atomic mass is 16.5. The van der Waals surface area contributed by atoms with Gasteiger partial charge in [-0.2, -0.15) is 0 Å². The third-order valence-electron chi connectivity index (χ3n) is 4.12. The molecule has 2 aromatic rings. The highest BCUT2D eigenvalue weighted by molar-refractivity contribution is 5.95. The highest BCUT2D eigenvalue weighted by Crippen LogP contribution is 2.30. The Morgan fingerprint density at radius 3 is 2.88 bits per heavy atom. The number of hydrogen-bond donors (Lipinski definition) is 1. The Labute approximate surface area is 147 Å². The first-order valence-corrected chi connectivity index (χ1v) is 8.50. The first-order valence-electron chi connectivity index (χ1n) is 8.50. The zero-order valence-electron chi connectivity index (χ0n) is 14.4. The van der Waals surface area contributed by atoms with Crippen LogP contribution in [0.1, 0.15) is 29.3 Å². The molecule has 1 saturated heterocycles. The number of carbonyl (C=O) groups is 1. The number of hydrogen-bond acceptors (Lipinski definition) is 5. The molecule has 0 saturated carbocycles. The molecule has 1 fully saturated rings. The van der Waals surface area contributed by atoms with E-state index in [1.54, 1.807) is 35.5 Å². The van der Waals surface area contributed by atoms with Crippen LogP contribution in [0.25, 0.3) is 0 Å². The molecule has 6 heteroatoms. The number of aromatic nitrogens is 1. The number of amides is 1. The summed E-state index contributed by atoms with van der Waals surface area (Å²) < 4.78 is 11.5. The van der Waals surface area contributed by atoms with Crippen molar-refractivity contribution in [2.75, 3.05) is 19.7 Å². The lowest BCUT2D eigenvalue weighted by atomic mass is 10.1. The lowest BCUT2D eigenvalue weighted by Crippen LogP contribution is -2.31. The van der Waals surface area contributed by atoms with E-state index in [-0.39, 0.29) is 11.9 Å². The van der Waals surface area contributed by atoms with Gasteiger partial charge in [-0.05, 0) is 37.6 Å². The minimum absolute atomic E-state index is 0.0206. The number of carbonyl (C=O) groups excluding carboxylic acids is 1. The van der Waals surface area contributed by atoms with Gasteiger partial charge < -0.3 is 20.1 Å². The largest absolute Gasteiger partial charge is 0.490 e. The smallest absolute Gasteiger partial charge is 0.254 e. The summed E-state index contributed by atoms with van der Waals surface area (Å²) >= 11 is 0. The fourth-order valence-electron chi connectivity index (χ4n) is 2.83. The van der Waals surface area contributed by atoms with E-state index in [1.807, 2.05) is 19.1 Å². The average molecular weight is 341 g/mol. The summed E-state index contributed by atoms with van der Waals surface area (Å²) in [5.74, 6) is 1.16. The molecule has 3 rings (SSSR count). The van der Waals surface area contributed by atoms with Crippen LogP contribution >= 0.6 is 0 Å². The van der Waals surface area contributed by atoms with Gasteiger partial charge in [0.2, 0.25) is 0 Å². The fraction of sp³-hybridized carbons (Fsp3) is 0.368. The molecule has 0 unspecified atom stereocenters. The van der Waals surface area contributed by atoms with Crippen LogP contribution in [0.4, 0.5) is 0 Å². The predicted octanol–water partition coefficient (Wildman–Crippen LogP) is 2.23. The van der Waals surface area contributed by atoms with Crippen molar-refractivity contribution in [3.05, 3.63) is 53.9 Å². The molecule has 0 aliphatic carbocycles. The Balaban J connectivity index is 1.74. The van der Waals surface area contributed by atoms with Crippen LogP contribution in [0.15, 0.2) is 42.7 Å². The van der Waals surface area contributed by atoms with Gasteiger partial charge in [-0.3, -0.25) is 9.78 Å². The Morgan fingerprint density at radius 2 is 2.20 bits per heavy atom. The van der Waals surface area contributed by atoms with Crippen molar-refractivity contribution in [2.24, 2.45) is 5.73 Å². The second-order valence-electron chi connectivity index (χ2n) is 6.04. The van der Waals surface area contributed by atoms with E-state index in [9.17, 15) is 4.79 Å². The topological polar surface area (TPSA) is 77.7 Å². The summed E-state index contributed by atoms with van der Waals surface area (Å²) in [5.41, 5.74) is 7.45. The molecule has 0 bridgehead atoms. The monoisotopic (exact) mass is 341 g/mol. The Hall–Kier alpha value is -2.60. The molecule has 1 aromatic carbocycles. The van der Waals surface area contributed by atoms with Crippen molar-refractivity contribution < 1.29 is 14.3 Å². The van der Waals surface area contributed by atoms with E-state index in [4.69, 9.17) is 15.2 Å². The standard InChI is InChI=1S/C19H23N3O3/c1-2-24-18-10-15(19(23)22-9-7-16(20)12-22)5-6-17(18)25-13-14-4-3-8-21-11-14/h3-6,8,10-11,16H,2,7,9,12-13,20H2,1H3/t16-/m1/s1. The minimum Gasteiger partial charge on any atom is -0.490 e. The second-order valence-corrected chi connectivity index (χ2v) is 6.04. The number of benzene rings is 1. The lowest BCUT2D eigenvalue weighted by Gasteiger charge is -2.18. The van der Waals surface area contributed by atoms with E-state index >= 15 is 0 Å². The van der Waals surface area contributed by atoms with Crippen molar-refractivity contribution >= 4 is 5.91 Å². The predicted molar refractivity (Wildman–Crippen MR) is 94.7 cm³/mol. The summed E-state index contributed by atoms with van der Waals surface area (Å²) in [7, 11) is 0. The first kappa shape index (κ1) is 17.2. The number of rotatable bonds is 6. The van der Waals surface area contributed by atoms with E-state index in [0.29, 0.717) is 43.4 Å². The number of likely N-dealkylation sites (tertiary alicyclic amines) is 1. The maximum Gasteiger partial charge on any atom is 0.254 e. The van der Waals surface area contributed by atoms with Gasteiger partial charge >= 0.3 is 0 Å². The molecule has 1 aliphatic heterocycles. The maximum atomic E-state index is 12.6. The molecule has 1 aliphatic rings. The van der Waals surface area contributed by atoms with Crippen molar-refractivity contribution in [2.45, 2.75) is 26.0 Å². The van der Waals surface area contributed by atoms with Crippen LogP contribution in [0.5, 0.6) is 11.5 Å². The maximum absolute atomic E-state index is 12.6. The van der Waals surface area contributed by atoms with Crippen LogP contribution < -0.4 is 15.2 Å². The van der Waals surface area contributed by atoms with Crippen molar-refractivity contribution in [3.8, 4) is 11.5 Å². The molecule has 25 heavy (non-hydrogen) atoms. The molecule has 0 radical (unpaired) electrons. The van der Waals surface area contributed by atoms with E-state index in [1.165, 1.54) is 0 Å². The van der Waals surface area contributed by atoms with E-state index < -0.39 is 0 Å². The molecule has 2 heterocycles. The first-order chi connectivity index (χ1) is 12.2. The normalized spacial score (nSPS) is 16.7. The zero-order chi connectivity index (χ0) is 17.6. The lowest BCUT2D eigenvalue weighted by molar-refractivity contribution is 0.0790. The van der Waals surface area contributed by atoms with Gasteiger partial charge in [0, 0.05) is 42.7 Å². The van der Waals surface area contributed by atoms with Crippen LogP contribution in [0.2, 0.25) is 0 Å².